The number of aryl methyl sites for hydroxylation is 2. The molecule has 1 aliphatic heterocycles. The Kier molecular flexibility index (Phi) is 5.13. The smallest absolute Gasteiger partial charge is 0.220 e. The molecular weight excluding hydrogens is 358 g/mol. The molecule has 1 aromatic carbocycles. The first-order valence-electron chi connectivity index (χ1n) is 7.84. The summed E-state index contributed by atoms with van der Waals surface area (Å²) in [5, 5.41) is 6.27. The summed E-state index contributed by atoms with van der Waals surface area (Å²) in [4.78, 5) is 16.4. The number of carbonyl (C=O) groups is 1. The van der Waals surface area contributed by atoms with Gasteiger partial charge in [0.2, 0.25) is 5.91 Å². The molecule has 0 radical (unpaired) electrons. The molecule has 0 spiro atoms. The third-order valence-electron chi connectivity index (χ3n) is 3.94. The predicted molar refractivity (Wildman–Crippen MR) is 92.1 cm³/mol. The van der Waals surface area contributed by atoms with Gasteiger partial charge in [-0.15, -0.1) is 0 Å². The van der Waals surface area contributed by atoms with Crippen molar-refractivity contribution in [1.82, 2.24) is 15.6 Å². The van der Waals surface area contributed by atoms with Crippen molar-refractivity contribution in [2.75, 3.05) is 13.1 Å². The average Bonchev–Trinajstić information content (AvgIpc) is 3.16. The van der Waals surface area contributed by atoms with E-state index in [-0.39, 0.29) is 11.9 Å². The fourth-order valence-electron chi connectivity index (χ4n) is 2.73. The Morgan fingerprint density at radius 2 is 2.22 bits per heavy atom. The topological polar surface area (TPSA) is 67.2 Å². The molecule has 1 fully saturated rings. The molecule has 1 unspecified atom stereocenters. The zero-order chi connectivity index (χ0) is 16.2. The number of carbonyl (C=O) groups excluding carboxylic acids is 1. The van der Waals surface area contributed by atoms with E-state index >= 15 is 0 Å². The summed E-state index contributed by atoms with van der Waals surface area (Å²) in [6.45, 7) is 3.76. The minimum atomic E-state index is 0.0553. The lowest BCUT2D eigenvalue weighted by Gasteiger charge is -2.10. The Balaban J connectivity index is 1.59. The van der Waals surface area contributed by atoms with Gasteiger partial charge in [-0.25, -0.2) is 4.98 Å². The zero-order valence-corrected chi connectivity index (χ0v) is 14.6. The number of oxazole rings is 1. The molecule has 0 aliphatic carbocycles. The van der Waals surface area contributed by atoms with Crippen LogP contribution >= 0.6 is 15.9 Å². The van der Waals surface area contributed by atoms with Crippen LogP contribution in [-0.4, -0.2) is 30.0 Å². The highest BCUT2D eigenvalue weighted by atomic mass is 79.9. The first-order valence-corrected chi connectivity index (χ1v) is 8.63. The summed E-state index contributed by atoms with van der Waals surface area (Å²) in [6.07, 6.45) is 1.91. The van der Waals surface area contributed by atoms with Gasteiger partial charge in [0, 0.05) is 35.5 Å². The standard InChI is InChI=1S/C17H20BrN3O2/c1-11-17(12-2-4-13(18)5-3-12)23-16(20-11)7-6-15(22)21-14-8-9-19-10-14/h2-5,14,19H,6-10H2,1H3,(H,21,22). The molecule has 23 heavy (non-hydrogen) atoms. The minimum absolute atomic E-state index is 0.0553. The van der Waals surface area contributed by atoms with Gasteiger partial charge < -0.3 is 15.1 Å². The first-order chi connectivity index (χ1) is 11.1. The zero-order valence-electron chi connectivity index (χ0n) is 13.1. The maximum Gasteiger partial charge on any atom is 0.220 e. The van der Waals surface area contributed by atoms with Crippen LogP contribution in [0.3, 0.4) is 0 Å². The van der Waals surface area contributed by atoms with Gasteiger partial charge >= 0.3 is 0 Å². The number of nitrogens with zero attached hydrogens (tertiary/aromatic N) is 1. The van der Waals surface area contributed by atoms with Gasteiger partial charge in [0.25, 0.3) is 0 Å². The van der Waals surface area contributed by atoms with Gasteiger partial charge in [-0.2, -0.15) is 0 Å². The van der Waals surface area contributed by atoms with Crippen molar-refractivity contribution in [3.8, 4) is 11.3 Å². The summed E-state index contributed by atoms with van der Waals surface area (Å²) < 4.78 is 6.87. The van der Waals surface area contributed by atoms with Crippen LogP contribution in [0.5, 0.6) is 0 Å². The van der Waals surface area contributed by atoms with Crippen LogP contribution in [0, 0.1) is 6.92 Å². The minimum Gasteiger partial charge on any atom is -0.440 e. The van der Waals surface area contributed by atoms with E-state index in [0.29, 0.717) is 18.7 Å². The van der Waals surface area contributed by atoms with Crippen molar-refractivity contribution < 1.29 is 9.21 Å². The molecule has 1 atom stereocenters. The lowest BCUT2D eigenvalue weighted by atomic mass is 10.1. The maximum absolute atomic E-state index is 12.0. The van der Waals surface area contributed by atoms with Gasteiger partial charge in [-0.05, 0) is 32.0 Å². The van der Waals surface area contributed by atoms with Crippen molar-refractivity contribution in [2.24, 2.45) is 0 Å². The molecule has 1 amide bonds. The van der Waals surface area contributed by atoms with Crippen LogP contribution in [0.2, 0.25) is 0 Å². The number of rotatable bonds is 5. The normalized spacial score (nSPS) is 17.4. The number of aromatic nitrogens is 1. The van der Waals surface area contributed by atoms with Crippen LogP contribution < -0.4 is 10.6 Å². The van der Waals surface area contributed by atoms with Crippen molar-refractivity contribution in [3.63, 3.8) is 0 Å². The molecule has 2 aromatic rings. The molecule has 1 saturated heterocycles. The van der Waals surface area contributed by atoms with Crippen molar-refractivity contribution in [1.29, 1.82) is 0 Å². The molecule has 0 saturated carbocycles. The van der Waals surface area contributed by atoms with E-state index in [0.717, 1.165) is 41.0 Å². The second-order valence-corrected chi connectivity index (χ2v) is 6.70. The van der Waals surface area contributed by atoms with E-state index < -0.39 is 0 Å². The fraction of sp³-hybridized carbons (Fsp3) is 0.412. The monoisotopic (exact) mass is 377 g/mol. The summed E-state index contributed by atoms with van der Waals surface area (Å²) in [5.74, 6) is 1.44. The molecule has 0 bridgehead atoms. The van der Waals surface area contributed by atoms with E-state index in [1.165, 1.54) is 0 Å². The first kappa shape index (κ1) is 16.2. The van der Waals surface area contributed by atoms with Gasteiger partial charge in [-0.3, -0.25) is 4.79 Å². The molecule has 5 nitrogen and oxygen atoms in total. The molecule has 1 aromatic heterocycles. The Hall–Kier alpha value is -1.66. The lowest BCUT2D eigenvalue weighted by Crippen LogP contribution is -2.36. The number of hydrogen-bond donors (Lipinski definition) is 2. The van der Waals surface area contributed by atoms with E-state index in [4.69, 9.17) is 4.42 Å². The number of nitrogens with one attached hydrogen (secondary N) is 2. The summed E-state index contributed by atoms with van der Waals surface area (Å²) >= 11 is 3.42. The molecule has 122 valence electrons. The third-order valence-corrected chi connectivity index (χ3v) is 4.47. The number of benzene rings is 1. The lowest BCUT2D eigenvalue weighted by molar-refractivity contribution is -0.121. The predicted octanol–water partition coefficient (Wildman–Crippen LogP) is 2.82. The fourth-order valence-corrected chi connectivity index (χ4v) is 2.99. The Labute approximate surface area is 144 Å². The van der Waals surface area contributed by atoms with Crippen LogP contribution in [-0.2, 0) is 11.2 Å². The second-order valence-electron chi connectivity index (χ2n) is 5.79. The molecule has 6 heteroatoms. The highest BCUT2D eigenvalue weighted by Gasteiger charge is 2.17. The highest BCUT2D eigenvalue weighted by Crippen LogP contribution is 2.26. The van der Waals surface area contributed by atoms with E-state index in [1.807, 2.05) is 31.2 Å². The Bertz CT molecular complexity index is 676. The van der Waals surface area contributed by atoms with Gasteiger partial charge in [0.05, 0.1) is 5.69 Å². The summed E-state index contributed by atoms with van der Waals surface area (Å²) in [6, 6.07) is 8.18. The van der Waals surface area contributed by atoms with Crippen molar-refractivity contribution in [3.05, 3.63) is 40.3 Å². The quantitative estimate of drug-likeness (QED) is 0.840. The molecule has 2 heterocycles. The van der Waals surface area contributed by atoms with E-state index in [1.54, 1.807) is 0 Å². The number of hydrogen-bond acceptors (Lipinski definition) is 4. The third kappa shape index (κ3) is 4.20. The summed E-state index contributed by atoms with van der Waals surface area (Å²) in [7, 11) is 0. The van der Waals surface area contributed by atoms with Gasteiger partial charge in [0.1, 0.15) is 0 Å². The van der Waals surface area contributed by atoms with Gasteiger partial charge in [-0.1, -0.05) is 28.1 Å². The van der Waals surface area contributed by atoms with Gasteiger partial charge in [0.15, 0.2) is 11.7 Å². The second kappa shape index (κ2) is 7.27. The molecular formula is C17H20BrN3O2. The Morgan fingerprint density at radius 1 is 1.43 bits per heavy atom. The SMILES string of the molecule is Cc1nc(CCC(=O)NC2CCNC2)oc1-c1ccc(Br)cc1. The largest absolute Gasteiger partial charge is 0.440 e. The van der Waals surface area contributed by atoms with Crippen LogP contribution in [0.1, 0.15) is 24.4 Å². The van der Waals surface area contributed by atoms with E-state index in [2.05, 4.69) is 31.5 Å². The average molecular weight is 378 g/mol. The molecule has 3 rings (SSSR count). The molecule has 1 aliphatic rings. The van der Waals surface area contributed by atoms with Crippen LogP contribution in [0.15, 0.2) is 33.2 Å². The van der Waals surface area contributed by atoms with Crippen LogP contribution in [0.4, 0.5) is 0 Å². The van der Waals surface area contributed by atoms with Crippen molar-refractivity contribution in [2.45, 2.75) is 32.2 Å². The number of halogens is 1. The molecule has 2 N–H and O–H groups in total. The highest BCUT2D eigenvalue weighted by molar-refractivity contribution is 9.10. The Morgan fingerprint density at radius 3 is 2.91 bits per heavy atom. The van der Waals surface area contributed by atoms with Crippen LogP contribution in [0.25, 0.3) is 11.3 Å². The summed E-state index contributed by atoms with van der Waals surface area (Å²) in [5.41, 5.74) is 1.84. The van der Waals surface area contributed by atoms with E-state index in [9.17, 15) is 4.79 Å². The maximum atomic E-state index is 12.0. The number of amides is 1. The van der Waals surface area contributed by atoms with Crippen molar-refractivity contribution >= 4 is 21.8 Å².